The molecule has 0 unspecified atom stereocenters. The van der Waals surface area contributed by atoms with Crippen LogP contribution in [-0.2, 0) is 16.4 Å². The van der Waals surface area contributed by atoms with Crippen molar-refractivity contribution in [3.63, 3.8) is 0 Å². The lowest BCUT2D eigenvalue weighted by Gasteiger charge is -2.11. The van der Waals surface area contributed by atoms with Crippen molar-refractivity contribution in [2.24, 2.45) is 0 Å². The number of aryl methyl sites for hydroxylation is 1. The van der Waals surface area contributed by atoms with Gasteiger partial charge in [0.15, 0.2) is 0 Å². The van der Waals surface area contributed by atoms with Gasteiger partial charge in [-0.05, 0) is 30.2 Å². The third-order valence-corrected chi connectivity index (χ3v) is 4.07. The van der Waals surface area contributed by atoms with Gasteiger partial charge in [0, 0.05) is 12.4 Å². The second kappa shape index (κ2) is 5.87. The summed E-state index contributed by atoms with van der Waals surface area (Å²) >= 11 is 0. The van der Waals surface area contributed by atoms with E-state index < -0.39 is 10.0 Å². The number of methoxy groups -OCH3 is 1. The molecule has 0 bridgehead atoms. The Morgan fingerprint density at radius 1 is 1.25 bits per heavy atom. The molecule has 0 amide bonds. The average Bonchev–Trinajstić information content (AvgIpc) is 2.47. The van der Waals surface area contributed by atoms with Crippen LogP contribution in [0.5, 0.6) is 5.75 Å². The highest BCUT2D eigenvalue weighted by atomic mass is 32.2. The van der Waals surface area contributed by atoms with E-state index in [9.17, 15) is 8.42 Å². The van der Waals surface area contributed by atoms with Crippen LogP contribution in [0.15, 0.2) is 41.6 Å². The summed E-state index contributed by atoms with van der Waals surface area (Å²) in [5, 5.41) is 0. The minimum absolute atomic E-state index is 0.0245. The van der Waals surface area contributed by atoms with Crippen LogP contribution in [0, 0.1) is 0 Å². The SMILES string of the molecule is CCc1ccc(OC)c(S(=O)(=O)Nc2ncccn2)c1. The van der Waals surface area contributed by atoms with Crippen molar-refractivity contribution in [3.8, 4) is 5.75 Å². The second-order valence-electron chi connectivity index (χ2n) is 4.02. The summed E-state index contributed by atoms with van der Waals surface area (Å²) in [6.45, 7) is 1.95. The van der Waals surface area contributed by atoms with E-state index in [1.807, 2.05) is 13.0 Å². The van der Waals surface area contributed by atoms with Gasteiger partial charge >= 0.3 is 0 Å². The lowest BCUT2D eigenvalue weighted by atomic mass is 10.2. The van der Waals surface area contributed by atoms with Gasteiger partial charge in [-0.2, -0.15) is 0 Å². The number of benzene rings is 1. The predicted octanol–water partition coefficient (Wildman–Crippen LogP) is 1.85. The number of rotatable bonds is 5. The van der Waals surface area contributed by atoms with Crippen LogP contribution >= 0.6 is 0 Å². The summed E-state index contributed by atoms with van der Waals surface area (Å²) in [5.74, 6) is 0.307. The number of sulfonamides is 1. The topological polar surface area (TPSA) is 81.2 Å². The molecular weight excluding hydrogens is 278 g/mol. The Kier molecular flexibility index (Phi) is 4.19. The molecule has 0 fully saturated rings. The molecular formula is C13H15N3O3S. The van der Waals surface area contributed by atoms with Crippen LogP contribution in [0.4, 0.5) is 5.95 Å². The van der Waals surface area contributed by atoms with Gasteiger partial charge in [0.05, 0.1) is 7.11 Å². The number of hydrogen-bond acceptors (Lipinski definition) is 5. The van der Waals surface area contributed by atoms with Crippen LogP contribution in [0.2, 0.25) is 0 Å². The van der Waals surface area contributed by atoms with Crippen molar-refractivity contribution >= 4 is 16.0 Å². The Bertz CT molecular complexity index is 687. The lowest BCUT2D eigenvalue weighted by molar-refractivity contribution is 0.402. The maximum absolute atomic E-state index is 12.4. The van der Waals surface area contributed by atoms with E-state index in [-0.39, 0.29) is 16.6 Å². The molecule has 0 radical (unpaired) electrons. The van der Waals surface area contributed by atoms with E-state index in [0.29, 0.717) is 0 Å². The third-order valence-electron chi connectivity index (χ3n) is 2.72. The highest BCUT2D eigenvalue weighted by Gasteiger charge is 2.21. The molecule has 0 saturated carbocycles. The zero-order valence-electron chi connectivity index (χ0n) is 11.2. The summed E-state index contributed by atoms with van der Waals surface area (Å²) in [6.07, 6.45) is 3.66. The first kappa shape index (κ1) is 14.3. The molecule has 1 heterocycles. The minimum atomic E-state index is -3.79. The van der Waals surface area contributed by atoms with Crippen molar-refractivity contribution in [2.45, 2.75) is 18.2 Å². The largest absolute Gasteiger partial charge is 0.495 e. The van der Waals surface area contributed by atoms with Crippen molar-refractivity contribution in [2.75, 3.05) is 11.8 Å². The van der Waals surface area contributed by atoms with Crippen molar-refractivity contribution in [1.82, 2.24) is 9.97 Å². The molecule has 0 aliphatic heterocycles. The molecule has 0 spiro atoms. The quantitative estimate of drug-likeness (QED) is 0.909. The van der Waals surface area contributed by atoms with E-state index in [0.717, 1.165) is 12.0 Å². The number of nitrogens with one attached hydrogen (secondary N) is 1. The van der Waals surface area contributed by atoms with E-state index in [1.165, 1.54) is 19.5 Å². The van der Waals surface area contributed by atoms with E-state index >= 15 is 0 Å². The summed E-state index contributed by atoms with van der Waals surface area (Å²) in [6, 6.07) is 6.66. The molecule has 1 aromatic heterocycles. The first-order chi connectivity index (χ1) is 9.56. The highest BCUT2D eigenvalue weighted by Crippen LogP contribution is 2.26. The average molecular weight is 293 g/mol. The maximum atomic E-state index is 12.4. The van der Waals surface area contributed by atoms with Gasteiger partial charge in [0.1, 0.15) is 10.6 Å². The molecule has 0 atom stereocenters. The number of nitrogens with zero attached hydrogens (tertiary/aromatic N) is 2. The number of hydrogen-bond donors (Lipinski definition) is 1. The van der Waals surface area contributed by atoms with Crippen LogP contribution in [-0.4, -0.2) is 25.5 Å². The predicted molar refractivity (Wildman–Crippen MR) is 75.2 cm³/mol. The molecule has 2 rings (SSSR count). The van der Waals surface area contributed by atoms with E-state index in [2.05, 4.69) is 14.7 Å². The standard InChI is InChI=1S/C13H15N3O3S/c1-3-10-5-6-11(19-2)12(9-10)20(17,18)16-13-14-7-4-8-15-13/h4-9H,3H2,1-2H3,(H,14,15,16). The summed E-state index contributed by atoms with van der Waals surface area (Å²) in [7, 11) is -2.36. The maximum Gasteiger partial charge on any atom is 0.267 e. The third kappa shape index (κ3) is 3.05. The Morgan fingerprint density at radius 3 is 2.55 bits per heavy atom. The number of anilines is 1. The zero-order valence-corrected chi connectivity index (χ0v) is 12.0. The molecule has 0 saturated heterocycles. The lowest BCUT2D eigenvalue weighted by Crippen LogP contribution is -2.16. The van der Waals surface area contributed by atoms with Crippen molar-refractivity contribution in [1.29, 1.82) is 0 Å². The van der Waals surface area contributed by atoms with Crippen LogP contribution in [0.25, 0.3) is 0 Å². The fourth-order valence-corrected chi connectivity index (χ4v) is 2.86. The molecule has 1 aromatic carbocycles. The van der Waals surface area contributed by atoms with Gasteiger partial charge in [-0.1, -0.05) is 13.0 Å². The van der Waals surface area contributed by atoms with Crippen LogP contribution in [0.3, 0.4) is 0 Å². The first-order valence-corrected chi connectivity index (χ1v) is 7.52. The fraction of sp³-hybridized carbons (Fsp3) is 0.231. The normalized spacial score (nSPS) is 11.1. The van der Waals surface area contributed by atoms with Crippen molar-refractivity contribution in [3.05, 3.63) is 42.2 Å². The summed E-state index contributed by atoms with van der Waals surface area (Å²) < 4.78 is 32.2. The molecule has 106 valence electrons. The monoisotopic (exact) mass is 293 g/mol. The molecule has 0 aliphatic rings. The molecule has 7 heteroatoms. The summed E-state index contributed by atoms with van der Waals surface area (Å²) in [4.78, 5) is 7.77. The van der Waals surface area contributed by atoms with Gasteiger partial charge in [-0.25, -0.2) is 23.1 Å². The number of aromatic nitrogens is 2. The van der Waals surface area contributed by atoms with E-state index in [4.69, 9.17) is 4.74 Å². The number of ether oxygens (including phenoxy) is 1. The van der Waals surface area contributed by atoms with Crippen LogP contribution < -0.4 is 9.46 Å². The highest BCUT2D eigenvalue weighted by molar-refractivity contribution is 7.92. The van der Waals surface area contributed by atoms with Gasteiger partial charge < -0.3 is 4.74 Å². The van der Waals surface area contributed by atoms with Crippen LogP contribution in [0.1, 0.15) is 12.5 Å². The Hall–Kier alpha value is -2.15. The Labute approximate surface area is 117 Å². The molecule has 1 N–H and O–H groups in total. The first-order valence-electron chi connectivity index (χ1n) is 6.03. The van der Waals surface area contributed by atoms with E-state index in [1.54, 1.807) is 18.2 Å². The van der Waals surface area contributed by atoms with Gasteiger partial charge in [-0.3, -0.25) is 0 Å². The smallest absolute Gasteiger partial charge is 0.267 e. The Balaban J connectivity index is 2.43. The zero-order chi connectivity index (χ0) is 14.6. The van der Waals surface area contributed by atoms with Gasteiger partial charge in [-0.15, -0.1) is 0 Å². The van der Waals surface area contributed by atoms with Crippen molar-refractivity contribution < 1.29 is 13.2 Å². The summed E-state index contributed by atoms with van der Waals surface area (Å²) in [5.41, 5.74) is 0.903. The Morgan fingerprint density at radius 2 is 1.95 bits per heavy atom. The molecule has 0 aliphatic carbocycles. The van der Waals surface area contributed by atoms with Gasteiger partial charge in [0.25, 0.3) is 10.0 Å². The fourth-order valence-electron chi connectivity index (χ4n) is 1.68. The molecule has 6 nitrogen and oxygen atoms in total. The molecule has 2 aromatic rings. The minimum Gasteiger partial charge on any atom is -0.495 e. The van der Waals surface area contributed by atoms with Gasteiger partial charge in [0.2, 0.25) is 5.95 Å². The second-order valence-corrected chi connectivity index (χ2v) is 5.67. The molecule has 20 heavy (non-hydrogen) atoms.